The van der Waals surface area contributed by atoms with Crippen LogP contribution in [0.1, 0.15) is 24.2 Å². The van der Waals surface area contributed by atoms with Gasteiger partial charge in [-0.05, 0) is 31.9 Å². The first-order valence-electron chi connectivity index (χ1n) is 6.81. The zero-order valence-corrected chi connectivity index (χ0v) is 11.4. The van der Waals surface area contributed by atoms with Gasteiger partial charge in [-0.15, -0.1) is 0 Å². The summed E-state index contributed by atoms with van der Waals surface area (Å²) in [6, 6.07) is 4.56. The summed E-state index contributed by atoms with van der Waals surface area (Å²) in [6.45, 7) is 4.08. The molecule has 0 radical (unpaired) electrons. The predicted octanol–water partition coefficient (Wildman–Crippen LogP) is 1.03. The molecule has 1 saturated carbocycles. The highest BCUT2D eigenvalue weighted by atomic mass is 16.5. The van der Waals surface area contributed by atoms with Gasteiger partial charge in [0.05, 0.1) is 25.5 Å². The zero-order chi connectivity index (χ0) is 13.5. The molecular formula is C14H22N2O3. The Morgan fingerprint density at radius 1 is 1.32 bits per heavy atom. The number of rotatable bonds is 9. The van der Waals surface area contributed by atoms with Gasteiger partial charge in [0, 0.05) is 18.3 Å². The molecule has 1 aromatic heterocycles. The SMILES string of the molecule is Cc1ccc(OCCOCCO)c(CNC2CC2)n1. The Balaban J connectivity index is 1.82. The molecule has 5 nitrogen and oxygen atoms in total. The van der Waals surface area contributed by atoms with Crippen molar-refractivity contribution in [1.29, 1.82) is 0 Å². The second-order valence-corrected chi connectivity index (χ2v) is 4.74. The molecule has 5 heteroatoms. The molecule has 0 spiro atoms. The highest BCUT2D eigenvalue weighted by Crippen LogP contribution is 2.22. The van der Waals surface area contributed by atoms with E-state index in [-0.39, 0.29) is 6.61 Å². The zero-order valence-electron chi connectivity index (χ0n) is 11.4. The standard InChI is InChI=1S/C14H22N2O3/c1-11-2-5-14(19-9-8-18-7-6-17)13(16-11)10-15-12-3-4-12/h2,5,12,15,17H,3-4,6-10H2,1H3. The molecular weight excluding hydrogens is 244 g/mol. The normalized spacial score (nSPS) is 14.6. The summed E-state index contributed by atoms with van der Waals surface area (Å²) in [4.78, 5) is 4.52. The fourth-order valence-corrected chi connectivity index (χ4v) is 1.76. The van der Waals surface area contributed by atoms with Gasteiger partial charge in [0.1, 0.15) is 12.4 Å². The fraction of sp³-hybridized carbons (Fsp3) is 0.643. The van der Waals surface area contributed by atoms with E-state index in [1.165, 1.54) is 12.8 Å². The van der Waals surface area contributed by atoms with Gasteiger partial charge in [-0.3, -0.25) is 4.98 Å². The minimum atomic E-state index is 0.0443. The van der Waals surface area contributed by atoms with Gasteiger partial charge < -0.3 is 19.9 Å². The first-order valence-corrected chi connectivity index (χ1v) is 6.81. The van der Waals surface area contributed by atoms with Gasteiger partial charge >= 0.3 is 0 Å². The van der Waals surface area contributed by atoms with E-state index in [9.17, 15) is 0 Å². The number of pyridine rings is 1. The number of aryl methyl sites for hydroxylation is 1. The van der Waals surface area contributed by atoms with Crippen LogP contribution in [-0.4, -0.2) is 42.6 Å². The molecule has 1 aliphatic rings. The predicted molar refractivity (Wildman–Crippen MR) is 72.2 cm³/mol. The molecule has 1 heterocycles. The van der Waals surface area contributed by atoms with Crippen LogP contribution in [0.15, 0.2) is 12.1 Å². The van der Waals surface area contributed by atoms with Crippen molar-refractivity contribution in [3.05, 3.63) is 23.5 Å². The van der Waals surface area contributed by atoms with Crippen molar-refractivity contribution in [3.8, 4) is 5.75 Å². The molecule has 106 valence electrons. The molecule has 1 fully saturated rings. The third kappa shape index (κ3) is 5.14. The molecule has 19 heavy (non-hydrogen) atoms. The van der Waals surface area contributed by atoms with E-state index in [1.807, 2.05) is 19.1 Å². The Morgan fingerprint density at radius 3 is 2.89 bits per heavy atom. The molecule has 0 aromatic carbocycles. The lowest BCUT2D eigenvalue weighted by Crippen LogP contribution is -2.18. The molecule has 2 rings (SSSR count). The number of ether oxygens (including phenoxy) is 2. The van der Waals surface area contributed by atoms with Crippen LogP contribution in [0.5, 0.6) is 5.75 Å². The molecule has 2 N–H and O–H groups in total. The minimum Gasteiger partial charge on any atom is -0.489 e. The average molecular weight is 266 g/mol. The average Bonchev–Trinajstić information content (AvgIpc) is 3.22. The van der Waals surface area contributed by atoms with Crippen LogP contribution in [0.25, 0.3) is 0 Å². The topological polar surface area (TPSA) is 63.6 Å². The molecule has 1 aliphatic carbocycles. The summed E-state index contributed by atoms with van der Waals surface area (Å²) in [7, 11) is 0. The molecule has 0 amide bonds. The molecule has 0 unspecified atom stereocenters. The monoisotopic (exact) mass is 266 g/mol. The van der Waals surface area contributed by atoms with Crippen LogP contribution in [0.4, 0.5) is 0 Å². The van der Waals surface area contributed by atoms with E-state index in [0.29, 0.717) is 25.9 Å². The number of hydrogen-bond donors (Lipinski definition) is 2. The van der Waals surface area contributed by atoms with Crippen LogP contribution >= 0.6 is 0 Å². The van der Waals surface area contributed by atoms with Crippen molar-refractivity contribution >= 4 is 0 Å². The Bertz CT molecular complexity index is 394. The number of nitrogens with one attached hydrogen (secondary N) is 1. The van der Waals surface area contributed by atoms with Gasteiger partial charge in [0.2, 0.25) is 0 Å². The number of hydrogen-bond acceptors (Lipinski definition) is 5. The first kappa shape index (κ1) is 14.2. The molecule has 0 bridgehead atoms. The second kappa shape index (κ2) is 7.43. The number of aromatic nitrogens is 1. The Kier molecular flexibility index (Phi) is 5.57. The summed E-state index contributed by atoms with van der Waals surface area (Å²) in [6.07, 6.45) is 2.52. The molecule has 0 atom stereocenters. The third-order valence-corrected chi connectivity index (χ3v) is 2.93. The maximum absolute atomic E-state index is 8.60. The van der Waals surface area contributed by atoms with E-state index in [2.05, 4.69) is 10.3 Å². The summed E-state index contributed by atoms with van der Waals surface area (Å²) in [5.41, 5.74) is 1.95. The highest BCUT2D eigenvalue weighted by molar-refractivity contribution is 5.29. The van der Waals surface area contributed by atoms with Gasteiger partial charge in [-0.2, -0.15) is 0 Å². The number of aliphatic hydroxyl groups is 1. The van der Waals surface area contributed by atoms with Crippen LogP contribution < -0.4 is 10.1 Å². The maximum atomic E-state index is 8.60. The van der Waals surface area contributed by atoms with E-state index in [1.54, 1.807) is 0 Å². The lowest BCUT2D eigenvalue weighted by Gasteiger charge is -2.12. The smallest absolute Gasteiger partial charge is 0.142 e. The third-order valence-electron chi connectivity index (χ3n) is 2.93. The van der Waals surface area contributed by atoms with Gasteiger partial charge in [-0.25, -0.2) is 0 Å². The number of aliphatic hydroxyl groups excluding tert-OH is 1. The van der Waals surface area contributed by atoms with Crippen LogP contribution in [-0.2, 0) is 11.3 Å². The summed E-state index contributed by atoms with van der Waals surface area (Å²) < 4.78 is 10.8. The first-order chi connectivity index (χ1) is 9.29. The summed E-state index contributed by atoms with van der Waals surface area (Å²) in [5, 5.41) is 12.0. The van der Waals surface area contributed by atoms with Crippen LogP contribution in [0.3, 0.4) is 0 Å². The Labute approximate surface area is 114 Å². The van der Waals surface area contributed by atoms with Crippen molar-refractivity contribution in [2.24, 2.45) is 0 Å². The highest BCUT2D eigenvalue weighted by Gasteiger charge is 2.21. The summed E-state index contributed by atoms with van der Waals surface area (Å²) in [5.74, 6) is 0.811. The lowest BCUT2D eigenvalue weighted by molar-refractivity contribution is 0.0701. The molecule has 0 aliphatic heterocycles. The summed E-state index contributed by atoms with van der Waals surface area (Å²) >= 11 is 0. The van der Waals surface area contributed by atoms with Crippen molar-refractivity contribution < 1.29 is 14.6 Å². The van der Waals surface area contributed by atoms with E-state index >= 15 is 0 Å². The molecule has 0 saturated heterocycles. The van der Waals surface area contributed by atoms with Crippen LogP contribution in [0, 0.1) is 6.92 Å². The van der Waals surface area contributed by atoms with Crippen molar-refractivity contribution in [2.75, 3.05) is 26.4 Å². The maximum Gasteiger partial charge on any atom is 0.142 e. The second-order valence-electron chi connectivity index (χ2n) is 4.74. The van der Waals surface area contributed by atoms with Crippen molar-refractivity contribution in [2.45, 2.75) is 32.4 Å². The van der Waals surface area contributed by atoms with Gasteiger partial charge in [-0.1, -0.05) is 0 Å². The number of nitrogens with zero attached hydrogens (tertiary/aromatic N) is 1. The Hall–Kier alpha value is -1.17. The minimum absolute atomic E-state index is 0.0443. The fourth-order valence-electron chi connectivity index (χ4n) is 1.76. The largest absolute Gasteiger partial charge is 0.489 e. The van der Waals surface area contributed by atoms with Crippen molar-refractivity contribution in [1.82, 2.24) is 10.3 Å². The molecule has 1 aromatic rings. The van der Waals surface area contributed by atoms with Gasteiger partial charge in [0.15, 0.2) is 0 Å². The Morgan fingerprint density at radius 2 is 2.16 bits per heavy atom. The van der Waals surface area contributed by atoms with Crippen LogP contribution in [0.2, 0.25) is 0 Å². The van der Waals surface area contributed by atoms with Crippen molar-refractivity contribution in [3.63, 3.8) is 0 Å². The lowest BCUT2D eigenvalue weighted by atomic mass is 10.3. The van der Waals surface area contributed by atoms with E-state index in [4.69, 9.17) is 14.6 Å². The quantitative estimate of drug-likeness (QED) is 0.654. The van der Waals surface area contributed by atoms with E-state index < -0.39 is 0 Å². The van der Waals surface area contributed by atoms with Gasteiger partial charge in [0.25, 0.3) is 0 Å². The van der Waals surface area contributed by atoms with E-state index in [0.717, 1.165) is 23.7 Å².